The highest BCUT2D eigenvalue weighted by Gasteiger charge is 2.13. The van der Waals surface area contributed by atoms with Crippen molar-refractivity contribution in [3.8, 4) is 0 Å². The topological polar surface area (TPSA) is 51.8 Å². The van der Waals surface area contributed by atoms with Crippen LogP contribution in [-0.4, -0.2) is 16.7 Å². The average molecular weight is 272 g/mol. The monoisotopic (exact) mass is 271 g/mol. The largest absolute Gasteiger partial charge is 0.329 e. The second-order valence-electron chi connectivity index (χ2n) is 3.10. The zero-order chi connectivity index (χ0) is 11.4. The van der Waals surface area contributed by atoms with Gasteiger partial charge in [0.25, 0.3) is 0 Å². The van der Waals surface area contributed by atoms with Crippen LogP contribution in [0.25, 0.3) is 0 Å². The molecule has 84 valence electrons. The Hall–Kier alpha value is -0.620. The third-order valence-corrected chi connectivity index (χ3v) is 4.35. The van der Waals surface area contributed by atoms with Crippen molar-refractivity contribution in [2.75, 3.05) is 6.54 Å². The molecule has 16 heavy (non-hydrogen) atoms. The summed E-state index contributed by atoms with van der Waals surface area (Å²) in [7, 11) is 0. The molecule has 0 aliphatic heterocycles. The van der Waals surface area contributed by atoms with Gasteiger partial charge < -0.3 is 5.73 Å². The van der Waals surface area contributed by atoms with E-state index >= 15 is 0 Å². The van der Waals surface area contributed by atoms with Gasteiger partial charge in [-0.05, 0) is 17.7 Å². The molecule has 0 radical (unpaired) electrons. The molecule has 0 aliphatic carbocycles. The first kappa shape index (κ1) is 11.9. The van der Waals surface area contributed by atoms with Crippen LogP contribution in [0.1, 0.15) is 10.8 Å². The van der Waals surface area contributed by atoms with Crippen LogP contribution < -0.4 is 5.73 Å². The predicted molar refractivity (Wildman–Crippen MR) is 69.0 cm³/mol. The lowest BCUT2D eigenvalue weighted by molar-refractivity contribution is 0.931. The van der Waals surface area contributed by atoms with Crippen LogP contribution in [0.3, 0.4) is 0 Å². The van der Waals surface area contributed by atoms with Crippen molar-refractivity contribution in [1.82, 2.24) is 10.2 Å². The second kappa shape index (κ2) is 5.63. The standard InChI is InChI=1S/C10H10ClN3S2/c11-8-3-1-2-7(4-8)9(5-12)16-10-14-13-6-15-10/h1-4,6,9H,5,12H2. The Bertz CT molecular complexity index is 447. The summed E-state index contributed by atoms with van der Waals surface area (Å²) in [6, 6.07) is 7.75. The summed E-state index contributed by atoms with van der Waals surface area (Å²) in [6.45, 7) is 0.546. The summed E-state index contributed by atoms with van der Waals surface area (Å²) in [4.78, 5) is 0. The first-order valence-electron chi connectivity index (χ1n) is 4.68. The number of benzene rings is 1. The molecular weight excluding hydrogens is 262 g/mol. The van der Waals surface area contributed by atoms with E-state index in [2.05, 4.69) is 10.2 Å². The molecule has 0 aliphatic rings. The molecule has 6 heteroatoms. The summed E-state index contributed by atoms with van der Waals surface area (Å²) in [5.41, 5.74) is 8.60. The quantitative estimate of drug-likeness (QED) is 0.869. The van der Waals surface area contributed by atoms with E-state index < -0.39 is 0 Å². The molecule has 0 saturated carbocycles. The summed E-state index contributed by atoms with van der Waals surface area (Å²) in [5, 5.41) is 8.70. The van der Waals surface area contributed by atoms with Crippen molar-refractivity contribution in [3.63, 3.8) is 0 Å². The summed E-state index contributed by atoms with van der Waals surface area (Å²) >= 11 is 9.09. The van der Waals surface area contributed by atoms with Crippen LogP contribution in [0.2, 0.25) is 5.02 Å². The molecule has 0 bridgehead atoms. The summed E-state index contributed by atoms with van der Waals surface area (Å²) in [5.74, 6) is 0. The Balaban J connectivity index is 2.16. The summed E-state index contributed by atoms with van der Waals surface area (Å²) in [6.07, 6.45) is 0. The lowest BCUT2D eigenvalue weighted by Gasteiger charge is -2.12. The fourth-order valence-electron chi connectivity index (χ4n) is 1.30. The minimum atomic E-state index is 0.173. The minimum absolute atomic E-state index is 0.173. The predicted octanol–water partition coefficient (Wildman–Crippen LogP) is 2.98. The van der Waals surface area contributed by atoms with Gasteiger partial charge >= 0.3 is 0 Å². The van der Waals surface area contributed by atoms with Crippen molar-refractivity contribution in [2.24, 2.45) is 5.73 Å². The van der Waals surface area contributed by atoms with E-state index in [0.717, 1.165) is 14.9 Å². The first-order chi connectivity index (χ1) is 7.79. The van der Waals surface area contributed by atoms with E-state index in [1.165, 1.54) is 11.3 Å². The highest BCUT2D eigenvalue weighted by atomic mass is 35.5. The average Bonchev–Trinajstić information content (AvgIpc) is 2.78. The lowest BCUT2D eigenvalue weighted by Crippen LogP contribution is -2.09. The number of hydrogen-bond acceptors (Lipinski definition) is 5. The number of halogens is 1. The number of hydrogen-bond donors (Lipinski definition) is 1. The number of nitrogens with two attached hydrogens (primary N) is 1. The van der Waals surface area contributed by atoms with E-state index in [1.807, 2.05) is 24.3 Å². The first-order valence-corrected chi connectivity index (χ1v) is 6.81. The van der Waals surface area contributed by atoms with Crippen molar-refractivity contribution < 1.29 is 0 Å². The van der Waals surface area contributed by atoms with Crippen molar-refractivity contribution >= 4 is 34.7 Å². The molecule has 1 unspecified atom stereocenters. The minimum Gasteiger partial charge on any atom is -0.329 e. The van der Waals surface area contributed by atoms with Gasteiger partial charge in [0.2, 0.25) is 0 Å². The fourth-order valence-corrected chi connectivity index (χ4v) is 3.19. The summed E-state index contributed by atoms with van der Waals surface area (Å²) < 4.78 is 0.926. The van der Waals surface area contributed by atoms with Crippen LogP contribution in [-0.2, 0) is 0 Å². The van der Waals surface area contributed by atoms with Crippen LogP contribution in [0.5, 0.6) is 0 Å². The lowest BCUT2D eigenvalue weighted by atomic mass is 10.1. The molecule has 1 atom stereocenters. The van der Waals surface area contributed by atoms with Gasteiger partial charge in [0, 0.05) is 16.8 Å². The Morgan fingerprint density at radius 1 is 1.50 bits per heavy atom. The van der Waals surface area contributed by atoms with Gasteiger partial charge in [-0.15, -0.1) is 10.2 Å². The van der Waals surface area contributed by atoms with E-state index in [0.29, 0.717) is 6.54 Å². The molecule has 0 fully saturated rings. The van der Waals surface area contributed by atoms with Gasteiger partial charge in [-0.3, -0.25) is 0 Å². The second-order valence-corrected chi connectivity index (χ2v) is 5.82. The number of aromatic nitrogens is 2. The van der Waals surface area contributed by atoms with Crippen LogP contribution in [0, 0.1) is 0 Å². The molecule has 2 rings (SSSR count). The maximum Gasteiger partial charge on any atom is 0.174 e. The molecule has 2 aromatic rings. The zero-order valence-electron chi connectivity index (χ0n) is 8.34. The SMILES string of the molecule is NCC(Sc1nncs1)c1cccc(Cl)c1. The van der Waals surface area contributed by atoms with Crippen LogP contribution in [0.4, 0.5) is 0 Å². The molecule has 1 heterocycles. The molecule has 0 spiro atoms. The van der Waals surface area contributed by atoms with Crippen molar-refractivity contribution in [3.05, 3.63) is 40.4 Å². The van der Waals surface area contributed by atoms with Gasteiger partial charge in [-0.25, -0.2) is 0 Å². The van der Waals surface area contributed by atoms with Crippen LogP contribution in [0.15, 0.2) is 34.1 Å². The fraction of sp³-hybridized carbons (Fsp3) is 0.200. The highest BCUT2D eigenvalue weighted by Crippen LogP contribution is 2.35. The van der Waals surface area contributed by atoms with Gasteiger partial charge in [0.1, 0.15) is 5.51 Å². The third kappa shape index (κ3) is 2.95. The Morgan fingerprint density at radius 3 is 3.00 bits per heavy atom. The molecule has 3 nitrogen and oxygen atoms in total. The Labute approximate surface area is 107 Å². The molecule has 2 N–H and O–H groups in total. The van der Waals surface area contributed by atoms with Crippen molar-refractivity contribution in [2.45, 2.75) is 9.59 Å². The normalized spacial score (nSPS) is 12.6. The van der Waals surface area contributed by atoms with Gasteiger partial charge in [0.15, 0.2) is 4.34 Å². The van der Waals surface area contributed by atoms with E-state index in [4.69, 9.17) is 17.3 Å². The number of nitrogens with zero attached hydrogens (tertiary/aromatic N) is 2. The Morgan fingerprint density at radius 2 is 2.38 bits per heavy atom. The molecule has 0 amide bonds. The zero-order valence-corrected chi connectivity index (χ0v) is 10.7. The van der Waals surface area contributed by atoms with Crippen LogP contribution >= 0.6 is 34.7 Å². The molecule has 1 aromatic carbocycles. The van der Waals surface area contributed by atoms with Gasteiger partial charge in [0.05, 0.1) is 0 Å². The smallest absolute Gasteiger partial charge is 0.174 e. The highest BCUT2D eigenvalue weighted by molar-refractivity contribution is 8.01. The third-order valence-electron chi connectivity index (χ3n) is 2.02. The van der Waals surface area contributed by atoms with E-state index in [1.54, 1.807) is 17.3 Å². The van der Waals surface area contributed by atoms with Gasteiger partial charge in [-0.2, -0.15) is 0 Å². The number of rotatable bonds is 4. The van der Waals surface area contributed by atoms with E-state index in [-0.39, 0.29) is 5.25 Å². The number of thioether (sulfide) groups is 1. The van der Waals surface area contributed by atoms with E-state index in [9.17, 15) is 0 Å². The molecule has 0 saturated heterocycles. The Kier molecular flexibility index (Phi) is 4.17. The molecule has 1 aromatic heterocycles. The maximum atomic E-state index is 5.95. The maximum absolute atomic E-state index is 5.95. The van der Waals surface area contributed by atoms with Gasteiger partial charge in [-0.1, -0.05) is 46.8 Å². The van der Waals surface area contributed by atoms with Crippen molar-refractivity contribution in [1.29, 1.82) is 0 Å². The molecular formula is C10H10ClN3S2.